The Bertz CT molecular complexity index is 1500. The van der Waals surface area contributed by atoms with E-state index >= 15 is 0 Å². The van der Waals surface area contributed by atoms with Gasteiger partial charge in [0.1, 0.15) is 5.75 Å². The van der Waals surface area contributed by atoms with Crippen LogP contribution in [0.5, 0.6) is 5.75 Å². The van der Waals surface area contributed by atoms with Gasteiger partial charge in [0.25, 0.3) is 0 Å². The van der Waals surface area contributed by atoms with Crippen molar-refractivity contribution in [1.82, 2.24) is 14.6 Å². The van der Waals surface area contributed by atoms with E-state index in [2.05, 4.69) is 22.4 Å². The van der Waals surface area contributed by atoms with E-state index < -0.39 is 5.25 Å². The van der Waals surface area contributed by atoms with Gasteiger partial charge >= 0.3 is 0 Å². The molecule has 1 unspecified atom stereocenters. The highest BCUT2D eigenvalue weighted by molar-refractivity contribution is 8.00. The van der Waals surface area contributed by atoms with Crippen molar-refractivity contribution in [3.8, 4) is 16.9 Å². The lowest BCUT2D eigenvalue weighted by atomic mass is 10.0. The highest BCUT2D eigenvalue weighted by Gasteiger charge is 2.21. The molecule has 0 saturated heterocycles. The number of fused-ring (bicyclic) bond motifs is 3. The van der Waals surface area contributed by atoms with Crippen molar-refractivity contribution in [2.75, 3.05) is 12.4 Å². The summed E-state index contributed by atoms with van der Waals surface area (Å²) in [5.74, 6) is 0.659. The Hall–Kier alpha value is -3.84. The van der Waals surface area contributed by atoms with Crippen molar-refractivity contribution in [3.05, 3.63) is 84.4 Å². The minimum Gasteiger partial charge on any atom is -0.497 e. The second-order valence-electron chi connectivity index (χ2n) is 8.05. The minimum atomic E-state index is -0.391. The number of aromatic nitrogens is 3. The summed E-state index contributed by atoms with van der Waals surface area (Å²) in [4.78, 5) is 13.2. The number of methoxy groups -OCH3 is 1. The number of nitrogens with zero attached hydrogens (tertiary/aromatic N) is 3. The number of hydrogen-bond donors (Lipinski definition) is 1. The number of carbonyl (C=O) groups excluding carboxylic acids is 1. The molecule has 1 atom stereocenters. The van der Waals surface area contributed by atoms with Crippen LogP contribution < -0.4 is 10.1 Å². The maximum atomic E-state index is 13.2. The Kier molecular flexibility index (Phi) is 5.94. The predicted octanol–water partition coefficient (Wildman–Crippen LogP) is 5.99. The van der Waals surface area contributed by atoms with Crippen LogP contribution in [0, 0.1) is 6.92 Å². The van der Waals surface area contributed by atoms with Crippen LogP contribution in [0.3, 0.4) is 0 Å². The summed E-state index contributed by atoms with van der Waals surface area (Å²) in [6.07, 6.45) is 0. The quantitative estimate of drug-likeness (QED) is 0.310. The van der Waals surface area contributed by atoms with Crippen LogP contribution in [0.1, 0.15) is 12.5 Å². The second kappa shape index (κ2) is 9.19. The van der Waals surface area contributed by atoms with Gasteiger partial charge in [0, 0.05) is 22.7 Å². The summed E-state index contributed by atoms with van der Waals surface area (Å²) in [6.45, 7) is 3.93. The molecule has 0 fully saturated rings. The number of carbonyl (C=O) groups is 1. The Balaban J connectivity index is 1.44. The molecule has 5 rings (SSSR count). The van der Waals surface area contributed by atoms with E-state index in [4.69, 9.17) is 4.74 Å². The fraction of sp³-hybridized carbons (Fsp3) is 0.148. The van der Waals surface area contributed by atoms with Gasteiger partial charge < -0.3 is 10.1 Å². The predicted molar refractivity (Wildman–Crippen MR) is 138 cm³/mol. The van der Waals surface area contributed by atoms with Crippen LogP contribution in [0.2, 0.25) is 0 Å². The molecule has 1 amide bonds. The van der Waals surface area contributed by atoms with Crippen LogP contribution in [0.4, 0.5) is 5.69 Å². The molecule has 0 radical (unpaired) electrons. The molecule has 6 nitrogen and oxygen atoms in total. The average molecular weight is 469 g/mol. The Morgan fingerprint density at radius 1 is 1.00 bits per heavy atom. The summed E-state index contributed by atoms with van der Waals surface area (Å²) in [7, 11) is 1.65. The van der Waals surface area contributed by atoms with E-state index in [9.17, 15) is 4.79 Å². The molecule has 34 heavy (non-hydrogen) atoms. The molecule has 7 heteroatoms. The third kappa shape index (κ3) is 4.10. The first-order valence-corrected chi connectivity index (χ1v) is 11.9. The molecule has 2 heterocycles. The summed E-state index contributed by atoms with van der Waals surface area (Å²) in [6, 6.07) is 25.8. The molecule has 2 aromatic heterocycles. The van der Waals surface area contributed by atoms with Gasteiger partial charge in [-0.15, -0.1) is 10.2 Å². The number of pyridine rings is 1. The summed E-state index contributed by atoms with van der Waals surface area (Å²) in [5.41, 5.74) is 5.61. The molecular formula is C27H24N4O2S. The first-order chi connectivity index (χ1) is 16.5. The van der Waals surface area contributed by atoms with E-state index in [0.29, 0.717) is 5.16 Å². The maximum Gasteiger partial charge on any atom is 0.237 e. The Labute approximate surface area is 202 Å². The third-order valence-electron chi connectivity index (χ3n) is 5.80. The van der Waals surface area contributed by atoms with Gasteiger partial charge in [-0.25, -0.2) is 0 Å². The van der Waals surface area contributed by atoms with Crippen LogP contribution in [0.15, 0.2) is 84.0 Å². The topological polar surface area (TPSA) is 68.5 Å². The van der Waals surface area contributed by atoms with Gasteiger partial charge in [0.15, 0.2) is 10.8 Å². The largest absolute Gasteiger partial charge is 0.497 e. The van der Waals surface area contributed by atoms with Gasteiger partial charge in [0.05, 0.1) is 17.9 Å². The number of thioether (sulfide) groups is 1. The number of rotatable bonds is 6. The van der Waals surface area contributed by atoms with Crippen molar-refractivity contribution in [3.63, 3.8) is 0 Å². The zero-order valence-electron chi connectivity index (χ0n) is 19.1. The number of benzene rings is 3. The third-order valence-corrected chi connectivity index (χ3v) is 6.84. The van der Waals surface area contributed by atoms with Crippen molar-refractivity contribution in [2.45, 2.75) is 24.3 Å². The van der Waals surface area contributed by atoms with E-state index in [1.807, 2.05) is 90.2 Å². The van der Waals surface area contributed by atoms with Crippen LogP contribution >= 0.6 is 11.8 Å². The van der Waals surface area contributed by atoms with Crippen molar-refractivity contribution in [1.29, 1.82) is 0 Å². The Morgan fingerprint density at radius 2 is 1.76 bits per heavy atom. The second-order valence-corrected chi connectivity index (χ2v) is 9.36. The molecule has 170 valence electrons. The fourth-order valence-electron chi connectivity index (χ4n) is 4.01. The summed E-state index contributed by atoms with van der Waals surface area (Å²) >= 11 is 1.38. The highest BCUT2D eigenvalue weighted by Crippen LogP contribution is 2.32. The lowest BCUT2D eigenvalue weighted by molar-refractivity contribution is -0.115. The fourth-order valence-corrected chi connectivity index (χ4v) is 4.88. The zero-order chi connectivity index (χ0) is 23.7. The van der Waals surface area contributed by atoms with Gasteiger partial charge in [-0.3, -0.25) is 9.20 Å². The smallest absolute Gasteiger partial charge is 0.237 e. The lowest BCUT2D eigenvalue weighted by Crippen LogP contribution is -2.23. The average Bonchev–Trinajstić information content (AvgIpc) is 3.26. The molecule has 5 aromatic rings. The number of para-hydroxylation sites is 1. The number of nitrogens with one attached hydrogen (secondary N) is 1. The van der Waals surface area contributed by atoms with Crippen molar-refractivity contribution >= 4 is 39.9 Å². The monoisotopic (exact) mass is 468 g/mol. The normalized spacial score (nSPS) is 12.1. The van der Waals surface area contributed by atoms with E-state index in [-0.39, 0.29) is 5.91 Å². The lowest BCUT2D eigenvalue weighted by Gasteiger charge is -2.15. The number of amides is 1. The van der Waals surface area contributed by atoms with Crippen molar-refractivity contribution in [2.24, 2.45) is 0 Å². The van der Waals surface area contributed by atoms with Crippen molar-refractivity contribution < 1.29 is 9.53 Å². The summed E-state index contributed by atoms with van der Waals surface area (Å²) < 4.78 is 7.42. The van der Waals surface area contributed by atoms with Gasteiger partial charge in [-0.1, -0.05) is 60.3 Å². The Morgan fingerprint density at radius 3 is 2.56 bits per heavy atom. The standard InChI is InChI=1S/C27H24N4O2S/c1-17-15-25-29-30-27(31(25)24-16-20(33-3)13-14-21(17)24)34-18(2)26(32)28-23-12-8-7-11-22(23)19-9-5-4-6-10-19/h4-16,18H,1-3H3,(H,28,32). The number of anilines is 1. The number of aryl methyl sites for hydroxylation is 1. The van der Waals surface area contributed by atoms with Gasteiger partial charge in [0.2, 0.25) is 5.91 Å². The first kappa shape index (κ1) is 22.0. The molecule has 0 aliphatic rings. The van der Waals surface area contributed by atoms with Crippen LogP contribution in [-0.2, 0) is 4.79 Å². The maximum absolute atomic E-state index is 13.2. The van der Waals surface area contributed by atoms with Crippen LogP contribution in [0.25, 0.3) is 27.7 Å². The van der Waals surface area contributed by atoms with Gasteiger partial charge in [-0.2, -0.15) is 0 Å². The minimum absolute atomic E-state index is 0.0980. The molecule has 1 N–H and O–H groups in total. The summed E-state index contributed by atoms with van der Waals surface area (Å²) in [5, 5.41) is 13.2. The first-order valence-electron chi connectivity index (χ1n) is 11.0. The molecule has 0 aliphatic heterocycles. The van der Waals surface area contributed by atoms with E-state index in [1.165, 1.54) is 11.8 Å². The van der Waals surface area contributed by atoms with Crippen LogP contribution in [-0.4, -0.2) is 32.9 Å². The SMILES string of the molecule is COc1ccc2c(C)cc3nnc(SC(C)C(=O)Nc4ccccc4-c4ccccc4)n3c2c1. The molecule has 0 saturated carbocycles. The molecule has 0 bridgehead atoms. The van der Waals surface area contributed by atoms with E-state index in [0.717, 1.165) is 44.7 Å². The number of ether oxygens (including phenoxy) is 1. The molecular weight excluding hydrogens is 444 g/mol. The zero-order valence-corrected chi connectivity index (χ0v) is 20.0. The molecule has 0 aliphatic carbocycles. The molecule has 0 spiro atoms. The van der Waals surface area contributed by atoms with E-state index in [1.54, 1.807) is 7.11 Å². The van der Waals surface area contributed by atoms with Gasteiger partial charge in [-0.05, 0) is 49.2 Å². The highest BCUT2D eigenvalue weighted by atomic mass is 32.2. The molecule has 3 aromatic carbocycles. The number of hydrogen-bond acceptors (Lipinski definition) is 5.